The Balaban J connectivity index is 1.46. The summed E-state index contributed by atoms with van der Waals surface area (Å²) in [6, 6.07) is 23.2. The van der Waals surface area contributed by atoms with Gasteiger partial charge in [0.15, 0.2) is 0 Å². The first kappa shape index (κ1) is 28.2. The molecule has 7 nitrogen and oxygen atoms in total. The van der Waals surface area contributed by atoms with E-state index in [2.05, 4.69) is 45.9 Å². The van der Waals surface area contributed by atoms with E-state index in [9.17, 15) is 9.59 Å². The van der Waals surface area contributed by atoms with E-state index in [0.717, 1.165) is 44.5 Å². The molecular weight excluding hydrogens is 490 g/mol. The molecule has 1 saturated heterocycles. The lowest BCUT2D eigenvalue weighted by Crippen LogP contribution is -2.36. The number of carbonyl (C=O) groups is 2. The van der Waals surface area contributed by atoms with Crippen molar-refractivity contribution in [2.45, 2.75) is 32.6 Å². The van der Waals surface area contributed by atoms with Crippen molar-refractivity contribution in [1.29, 1.82) is 0 Å². The highest BCUT2D eigenvalue weighted by Crippen LogP contribution is 2.30. The number of piperidine rings is 1. The number of carbonyl (C=O) groups excluding carboxylic acids is 2. The van der Waals surface area contributed by atoms with E-state index in [1.807, 2.05) is 19.1 Å². The van der Waals surface area contributed by atoms with Crippen LogP contribution >= 0.6 is 0 Å². The topological polar surface area (TPSA) is 79.9 Å². The number of nitrogens with one attached hydrogen (secondary N) is 2. The number of rotatable bonds is 12. The highest BCUT2D eigenvalue weighted by molar-refractivity contribution is 6.06. The first-order chi connectivity index (χ1) is 19.1. The molecule has 2 amide bonds. The Morgan fingerprint density at radius 1 is 0.949 bits per heavy atom. The van der Waals surface area contributed by atoms with E-state index < -0.39 is 0 Å². The maximum Gasteiger partial charge on any atom is 0.255 e. The third-order valence-electron chi connectivity index (χ3n) is 7.13. The SMILES string of the molecule is CCOCCCNC(=O)c1cc(NC(=O)c2ccc(OC)cc2)ccc1N1CCC(Cc2ccccc2)CC1. The van der Waals surface area contributed by atoms with Gasteiger partial charge in [-0.3, -0.25) is 9.59 Å². The quantitative estimate of drug-likeness (QED) is 0.300. The van der Waals surface area contributed by atoms with Gasteiger partial charge < -0.3 is 25.0 Å². The summed E-state index contributed by atoms with van der Waals surface area (Å²) >= 11 is 0. The molecule has 0 aliphatic carbocycles. The van der Waals surface area contributed by atoms with Gasteiger partial charge in [-0.1, -0.05) is 30.3 Å². The molecular formula is C32H39N3O4. The number of amides is 2. The molecule has 206 valence electrons. The van der Waals surface area contributed by atoms with E-state index in [1.54, 1.807) is 37.4 Å². The summed E-state index contributed by atoms with van der Waals surface area (Å²) in [5.41, 5.74) is 3.94. The van der Waals surface area contributed by atoms with E-state index >= 15 is 0 Å². The van der Waals surface area contributed by atoms with Crippen molar-refractivity contribution in [2.24, 2.45) is 5.92 Å². The van der Waals surface area contributed by atoms with Crippen LogP contribution < -0.4 is 20.3 Å². The monoisotopic (exact) mass is 529 g/mol. The van der Waals surface area contributed by atoms with Crippen LogP contribution in [-0.2, 0) is 11.2 Å². The average molecular weight is 530 g/mol. The van der Waals surface area contributed by atoms with Gasteiger partial charge in [-0.2, -0.15) is 0 Å². The van der Waals surface area contributed by atoms with Crippen LogP contribution in [0.4, 0.5) is 11.4 Å². The van der Waals surface area contributed by atoms with Crippen LogP contribution in [0.1, 0.15) is 52.5 Å². The van der Waals surface area contributed by atoms with Gasteiger partial charge in [-0.05, 0) is 86.6 Å². The van der Waals surface area contributed by atoms with Gasteiger partial charge in [-0.15, -0.1) is 0 Å². The lowest BCUT2D eigenvalue weighted by molar-refractivity contribution is 0.0943. The zero-order valence-corrected chi connectivity index (χ0v) is 22.9. The molecule has 1 aliphatic heterocycles. The van der Waals surface area contributed by atoms with Crippen LogP contribution in [0.5, 0.6) is 5.75 Å². The standard InChI is InChI=1S/C32H39N3O4/c1-3-39-21-7-18-33-32(37)29-23-27(34-31(36)26-10-13-28(38-2)14-11-26)12-15-30(29)35-19-16-25(17-20-35)22-24-8-5-4-6-9-24/h4-6,8-15,23,25H,3,7,16-22H2,1-2H3,(H,33,37)(H,34,36). The van der Waals surface area contributed by atoms with Crippen molar-refractivity contribution in [2.75, 3.05) is 50.2 Å². The number of methoxy groups -OCH3 is 1. The van der Waals surface area contributed by atoms with Crippen molar-refractivity contribution in [1.82, 2.24) is 5.32 Å². The molecule has 3 aromatic carbocycles. The largest absolute Gasteiger partial charge is 0.497 e. The minimum atomic E-state index is -0.241. The molecule has 3 aromatic rings. The minimum absolute atomic E-state index is 0.145. The average Bonchev–Trinajstić information content (AvgIpc) is 2.98. The summed E-state index contributed by atoms with van der Waals surface area (Å²) in [6.45, 7) is 5.53. The summed E-state index contributed by atoms with van der Waals surface area (Å²) < 4.78 is 10.6. The third-order valence-corrected chi connectivity index (χ3v) is 7.13. The van der Waals surface area contributed by atoms with Crippen LogP contribution in [0.25, 0.3) is 0 Å². The highest BCUT2D eigenvalue weighted by atomic mass is 16.5. The lowest BCUT2D eigenvalue weighted by Gasteiger charge is -2.35. The van der Waals surface area contributed by atoms with Gasteiger partial charge in [0, 0.05) is 49.8 Å². The Morgan fingerprint density at radius 3 is 2.38 bits per heavy atom. The van der Waals surface area contributed by atoms with E-state index in [4.69, 9.17) is 9.47 Å². The molecule has 2 N–H and O–H groups in total. The molecule has 1 fully saturated rings. The Bertz CT molecular complexity index is 1210. The van der Waals surface area contributed by atoms with E-state index in [1.165, 1.54) is 5.56 Å². The molecule has 0 aromatic heterocycles. The van der Waals surface area contributed by atoms with Gasteiger partial charge in [0.1, 0.15) is 5.75 Å². The Morgan fingerprint density at radius 2 is 1.69 bits per heavy atom. The van der Waals surface area contributed by atoms with Gasteiger partial charge in [0.05, 0.1) is 12.7 Å². The molecule has 39 heavy (non-hydrogen) atoms. The number of benzene rings is 3. The van der Waals surface area contributed by atoms with Crippen molar-refractivity contribution in [3.63, 3.8) is 0 Å². The summed E-state index contributed by atoms with van der Waals surface area (Å²) in [7, 11) is 1.59. The first-order valence-corrected chi connectivity index (χ1v) is 13.8. The van der Waals surface area contributed by atoms with Crippen LogP contribution in [0.15, 0.2) is 72.8 Å². The number of hydrogen-bond acceptors (Lipinski definition) is 5. The van der Waals surface area contributed by atoms with E-state index in [0.29, 0.717) is 48.2 Å². The molecule has 7 heteroatoms. The molecule has 0 radical (unpaired) electrons. The first-order valence-electron chi connectivity index (χ1n) is 13.8. The summed E-state index contributed by atoms with van der Waals surface area (Å²) in [4.78, 5) is 28.5. The maximum absolute atomic E-state index is 13.3. The summed E-state index contributed by atoms with van der Waals surface area (Å²) in [6.07, 6.45) is 3.96. The van der Waals surface area contributed by atoms with Gasteiger partial charge in [-0.25, -0.2) is 0 Å². The van der Waals surface area contributed by atoms with Crippen molar-refractivity contribution >= 4 is 23.2 Å². The molecule has 1 heterocycles. The van der Waals surface area contributed by atoms with Crippen molar-refractivity contribution in [3.8, 4) is 5.75 Å². The number of ether oxygens (including phenoxy) is 2. The second-order valence-electron chi connectivity index (χ2n) is 9.84. The number of nitrogens with zero attached hydrogens (tertiary/aromatic N) is 1. The van der Waals surface area contributed by atoms with Gasteiger partial charge in [0.2, 0.25) is 0 Å². The lowest BCUT2D eigenvalue weighted by atomic mass is 9.89. The molecule has 1 aliphatic rings. The van der Waals surface area contributed by atoms with Crippen molar-refractivity contribution in [3.05, 3.63) is 89.5 Å². The van der Waals surface area contributed by atoms with Crippen LogP contribution in [-0.4, -0.2) is 51.8 Å². The van der Waals surface area contributed by atoms with Crippen LogP contribution in [0.3, 0.4) is 0 Å². The summed E-state index contributed by atoms with van der Waals surface area (Å²) in [5, 5.41) is 5.97. The van der Waals surface area contributed by atoms with Crippen LogP contribution in [0, 0.1) is 5.92 Å². The summed E-state index contributed by atoms with van der Waals surface area (Å²) in [5.74, 6) is 0.929. The number of anilines is 2. The molecule has 0 spiro atoms. The molecule has 4 rings (SSSR count). The predicted octanol–water partition coefficient (Wildman–Crippen LogP) is 5.56. The minimum Gasteiger partial charge on any atom is -0.497 e. The van der Waals surface area contributed by atoms with Gasteiger partial charge in [0.25, 0.3) is 11.8 Å². The fourth-order valence-electron chi connectivity index (χ4n) is 4.96. The Labute approximate surface area is 231 Å². The fraction of sp³-hybridized carbons (Fsp3) is 0.375. The maximum atomic E-state index is 13.3. The Hall–Kier alpha value is -3.84. The fourth-order valence-corrected chi connectivity index (χ4v) is 4.96. The Kier molecular flexibility index (Phi) is 10.4. The molecule has 0 bridgehead atoms. The third kappa shape index (κ3) is 8.07. The highest BCUT2D eigenvalue weighted by Gasteiger charge is 2.24. The predicted molar refractivity (Wildman–Crippen MR) is 156 cm³/mol. The van der Waals surface area contributed by atoms with E-state index in [-0.39, 0.29) is 11.8 Å². The smallest absolute Gasteiger partial charge is 0.255 e. The molecule has 0 saturated carbocycles. The molecule has 0 unspecified atom stereocenters. The van der Waals surface area contributed by atoms with Crippen molar-refractivity contribution < 1.29 is 19.1 Å². The second-order valence-corrected chi connectivity index (χ2v) is 9.84. The van der Waals surface area contributed by atoms with Crippen LogP contribution in [0.2, 0.25) is 0 Å². The second kappa shape index (κ2) is 14.4. The number of hydrogen-bond donors (Lipinski definition) is 2. The zero-order chi connectivity index (χ0) is 27.5. The normalized spacial score (nSPS) is 13.6. The van der Waals surface area contributed by atoms with Gasteiger partial charge >= 0.3 is 0 Å². The molecule has 0 atom stereocenters. The zero-order valence-electron chi connectivity index (χ0n) is 22.9.